The molecule has 0 saturated carbocycles. The number of methoxy groups -OCH3 is 1. The Labute approximate surface area is 217 Å². The minimum absolute atomic E-state index is 0.117. The van der Waals surface area contributed by atoms with Crippen molar-refractivity contribution in [2.45, 2.75) is 36.3 Å². The number of nitrogen functional groups attached to an aromatic ring is 1. The van der Waals surface area contributed by atoms with Crippen molar-refractivity contribution in [2.24, 2.45) is 0 Å². The minimum Gasteiger partial charge on any atom is -0.468 e. The number of rotatable bonds is 6. The molecule has 0 spiro atoms. The highest BCUT2D eigenvalue weighted by molar-refractivity contribution is 5.84. The predicted octanol–water partition coefficient (Wildman–Crippen LogP) is 2.07. The number of carbonyl (C=O) groups is 1. The second-order valence-corrected chi connectivity index (χ2v) is 9.12. The van der Waals surface area contributed by atoms with Crippen LogP contribution < -0.4 is 10.5 Å². The number of nitriles is 1. The zero-order valence-electron chi connectivity index (χ0n) is 20.6. The molecule has 38 heavy (non-hydrogen) atoms. The largest absolute Gasteiger partial charge is 0.468 e. The molecule has 1 unspecified atom stereocenters. The highest BCUT2D eigenvalue weighted by Gasteiger charge is 2.64. The fraction of sp³-hybridized carbons (Fsp3) is 0.259. The summed E-state index contributed by atoms with van der Waals surface area (Å²) in [7, 11) is 1.21. The van der Waals surface area contributed by atoms with Gasteiger partial charge in [0.2, 0.25) is 5.60 Å². The zero-order chi connectivity index (χ0) is 27.1. The summed E-state index contributed by atoms with van der Waals surface area (Å²) in [5, 5.41) is 36.9. The molecule has 194 valence electrons. The van der Waals surface area contributed by atoms with Crippen LogP contribution in [-0.4, -0.2) is 56.2 Å². The van der Waals surface area contributed by atoms with Crippen molar-refractivity contribution < 1.29 is 29.2 Å². The zero-order valence-corrected chi connectivity index (χ0v) is 20.6. The summed E-state index contributed by atoms with van der Waals surface area (Å²) >= 11 is 0. The fourth-order valence-electron chi connectivity index (χ4n) is 4.92. The molecule has 0 amide bonds. The monoisotopic (exact) mass is 515 g/mol. The van der Waals surface area contributed by atoms with E-state index in [1.54, 1.807) is 42.5 Å². The van der Waals surface area contributed by atoms with Crippen molar-refractivity contribution in [3.05, 3.63) is 84.3 Å². The molecular weight excluding hydrogens is 490 g/mol. The average molecular weight is 516 g/mol. The van der Waals surface area contributed by atoms with Crippen LogP contribution >= 0.6 is 0 Å². The van der Waals surface area contributed by atoms with Crippen molar-refractivity contribution >= 4 is 17.3 Å². The summed E-state index contributed by atoms with van der Waals surface area (Å²) in [6.07, 6.45) is -3.62. The Morgan fingerprint density at radius 1 is 1.16 bits per heavy atom. The van der Waals surface area contributed by atoms with E-state index < -0.39 is 35.3 Å². The Hall–Kier alpha value is -4.50. The van der Waals surface area contributed by atoms with Gasteiger partial charge in [0.1, 0.15) is 53.1 Å². The number of aliphatic hydroxyl groups excluding tert-OH is 2. The number of fused-ring (bicyclic) bond motifs is 1. The lowest BCUT2D eigenvalue weighted by molar-refractivity contribution is -0.158. The molecule has 1 fully saturated rings. The SMILES string of the molecule is COC(=O)C(C)(c1cccc(Oc2ccccc2)c1)[C@H]1O[C@@](C#N)(c2ccc3c(N)ncnn23)[C@H](O)[C@@H]1O. The first-order chi connectivity index (χ1) is 18.3. The van der Waals surface area contributed by atoms with Crippen molar-refractivity contribution in [1.82, 2.24) is 14.6 Å². The Morgan fingerprint density at radius 3 is 2.61 bits per heavy atom. The molecular formula is C27H25N5O6. The van der Waals surface area contributed by atoms with Crippen LogP contribution in [0.25, 0.3) is 5.52 Å². The van der Waals surface area contributed by atoms with Crippen molar-refractivity contribution in [2.75, 3.05) is 12.8 Å². The van der Waals surface area contributed by atoms with E-state index in [0.717, 1.165) is 0 Å². The minimum atomic E-state index is -2.09. The highest BCUT2D eigenvalue weighted by atomic mass is 16.6. The van der Waals surface area contributed by atoms with Crippen LogP contribution in [-0.2, 0) is 25.3 Å². The van der Waals surface area contributed by atoms with Crippen LogP contribution in [0.2, 0.25) is 0 Å². The lowest BCUT2D eigenvalue weighted by Gasteiger charge is -2.35. The molecule has 3 heterocycles. The first-order valence-electron chi connectivity index (χ1n) is 11.7. The molecule has 5 rings (SSSR count). The summed E-state index contributed by atoms with van der Waals surface area (Å²) in [6.45, 7) is 1.52. The smallest absolute Gasteiger partial charge is 0.318 e. The summed E-state index contributed by atoms with van der Waals surface area (Å²) in [5.41, 5.74) is 3.06. The van der Waals surface area contributed by atoms with Gasteiger partial charge in [-0.2, -0.15) is 10.4 Å². The van der Waals surface area contributed by atoms with Crippen LogP contribution in [0.1, 0.15) is 18.2 Å². The maximum absolute atomic E-state index is 13.3. The van der Waals surface area contributed by atoms with Crippen LogP contribution in [0.5, 0.6) is 11.5 Å². The molecule has 4 aromatic rings. The van der Waals surface area contributed by atoms with Gasteiger partial charge in [-0.25, -0.2) is 9.50 Å². The number of esters is 1. The first kappa shape index (κ1) is 25.2. The topological polar surface area (TPSA) is 165 Å². The van der Waals surface area contributed by atoms with Crippen LogP contribution in [0.4, 0.5) is 5.82 Å². The number of hydrogen-bond donors (Lipinski definition) is 3. The maximum Gasteiger partial charge on any atom is 0.318 e. The van der Waals surface area contributed by atoms with Gasteiger partial charge in [0, 0.05) is 0 Å². The average Bonchev–Trinajstić information content (AvgIpc) is 3.49. The molecule has 0 radical (unpaired) electrons. The number of aromatic nitrogens is 3. The number of anilines is 1. The second-order valence-electron chi connectivity index (χ2n) is 9.12. The molecule has 1 aliphatic heterocycles. The van der Waals surface area contributed by atoms with Gasteiger partial charge >= 0.3 is 5.97 Å². The van der Waals surface area contributed by atoms with Gasteiger partial charge in [-0.1, -0.05) is 30.3 Å². The molecule has 2 aromatic carbocycles. The van der Waals surface area contributed by atoms with Gasteiger partial charge in [0.25, 0.3) is 0 Å². The number of ether oxygens (including phenoxy) is 3. The third-order valence-corrected chi connectivity index (χ3v) is 6.98. The molecule has 0 bridgehead atoms. The van der Waals surface area contributed by atoms with E-state index >= 15 is 0 Å². The summed E-state index contributed by atoms with van der Waals surface area (Å²) < 4.78 is 18.6. The number of aliphatic hydroxyl groups is 2. The lowest BCUT2D eigenvalue weighted by atomic mass is 9.74. The van der Waals surface area contributed by atoms with Gasteiger partial charge in [0.15, 0.2) is 5.82 Å². The maximum atomic E-state index is 13.3. The van der Waals surface area contributed by atoms with E-state index in [0.29, 0.717) is 22.6 Å². The van der Waals surface area contributed by atoms with E-state index in [-0.39, 0.29) is 11.5 Å². The van der Waals surface area contributed by atoms with Crippen molar-refractivity contribution in [3.8, 4) is 17.6 Å². The Morgan fingerprint density at radius 2 is 1.89 bits per heavy atom. The van der Waals surface area contributed by atoms with E-state index in [1.165, 1.54) is 30.9 Å². The van der Waals surface area contributed by atoms with Gasteiger partial charge in [0.05, 0.1) is 12.8 Å². The Bertz CT molecular complexity index is 1540. The standard InChI is InChI=1S/C27H25N5O6/c1-26(25(35)36-2,16-7-6-10-18(13-16)37-17-8-4-3-5-9-17)23-21(33)22(34)27(14-28,38-23)20-12-11-19-24(29)30-15-31-32(19)20/h3-13,15,21-23,33-34H,1-2H3,(H2,29,30,31)/t21-,22+,23-,26?,27-/m0/s1. The summed E-state index contributed by atoms with van der Waals surface area (Å²) in [4.78, 5) is 17.3. The molecule has 11 heteroatoms. The normalized spacial score (nSPS) is 24.4. The molecule has 1 saturated heterocycles. The number of benzene rings is 2. The molecule has 4 N–H and O–H groups in total. The number of para-hydroxylation sites is 1. The van der Waals surface area contributed by atoms with Crippen LogP contribution in [0.15, 0.2) is 73.1 Å². The third-order valence-electron chi connectivity index (χ3n) is 6.98. The van der Waals surface area contributed by atoms with Crippen molar-refractivity contribution in [3.63, 3.8) is 0 Å². The molecule has 5 atom stereocenters. The van der Waals surface area contributed by atoms with Crippen LogP contribution in [0.3, 0.4) is 0 Å². The van der Waals surface area contributed by atoms with Gasteiger partial charge in [-0.15, -0.1) is 0 Å². The fourth-order valence-corrected chi connectivity index (χ4v) is 4.92. The lowest BCUT2D eigenvalue weighted by Crippen LogP contribution is -2.50. The first-order valence-corrected chi connectivity index (χ1v) is 11.7. The summed E-state index contributed by atoms with van der Waals surface area (Å²) in [6, 6.07) is 20.8. The van der Waals surface area contributed by atoms with E-state index in [2.05, 4.69) is 10.1 Å². The molecule has 11 nitrogen and oxygen atoms in total. The van der Waals surface area contributed by atoms with Gasteiger partial charge in [-0.05, 0) is 48.9 Å². The number of hydrogen-bond acceptors (Lipinski definition) is 10. The highest BCUT2D eigenvalue weighted by Crippen LogP contribution is 2.47. The Balaban J connectivity index is 1.60. The number of carbonyl (C=O) groups excluding carboxylic acids is 1. The summed E-state index contributed by atoms with van der Waals surface area (Å²) in [5.74, 6) is 0.416. The second kappa shape index (κ2) is 9.42. The van der Waals surface area contributed by atoms with Crippen LogP contribution in [0, 0.1) is 11.3 Å². The van der Waals surface area contributed by atoms with Crippen molar-refractivity contribution in [1.29, 1.82) is 5.26 Å². The van der Waals surface area contributed by atoms with E-state index in [9.17, 15) is 20.3 Å². The molecule has 2 aromatic heterocycles. The van der Waals surface area contributed by atoms with E-state index in [1.807, 2.05) is 24.3 Å². The van der Waals surface area contributed by atoms with E-state index in [4.69, 9.17) is 19.9 Å². The number of nitrogens with zero attached hydrogens (tertiary/aromatic N) is 4. The third kappa shape index (κ3) is 3.74. The number of nitrogens with two attached hydrogens (primary N) is 1. The molecule has 0 aliphatic carbocycles. The van der Waals surface area contributed by atoms with Gasteiger partial charge in [-0.3, -0.25) is 4.79 Å². The quantitative estimate of drug-likeness (QED) is 0.324. The predicted molar refractivity (Wildman–Crippen MR) is 134 cm³/mol. The van der Waals surface area contributed by atoms with Gasteiger partial charge < -0.3 is 30.2 Å². The molecule has 1 aliphatic rings. The Kier molecular flexibility index (Phi) is 6.24.